The van der Waals surface area contributed by atoms with Crippen LogP contribution in [0.4, 0.5) is 14.5 Å². The maximum Gasteiger partial charge on any atom is 0.168 e. The van der Waals surface area contributed by atoms with Gasteiger partial charge in [-0.3, -0.25) is 0 Å². The third-order valence-electron chi connectivity index (χ3n) is 2.93. The molecular formula is C15H19F2NO2. The monoisotopic (exact) mass is 283 g/mol. The van der Waals surface area contributed by atoms with Crippen LogP contribution < -0.4 is 10.5 Å². The molecular weight excluding hydrogens is 264 g/mol. The number of aryl methyl sites for hydroxylation is 1. The first kappa shape index (κ1) is 16.0. The Bertz CT molecular complexity index is 627. The number of ether oxygens (including phenoxy) is 1. The van der Waals surface area contributed by atoms with Gasteiger partial charge in [0.05, 0.1) is 18.2 Å². The topological polar surface area (TPSA) is 55.5 Å². The van der Waals surface area contributed by atoms with Gasteiger partial charge in [-0.25, -0.2) is 8.78 Å². The van der Waals surface area contributed by atoms with Crippen molar-refractivity contribution in [2.75, 3.05) is 12.8 Å². The number of anilines is 1. The van der Waals surface area contributed by atoms with E-state index < -0.39 is 17.4 Å². The lowest BCUT2D eigenvalue weighted by Gasteiger charge is -2.14. The Morgan fingerprint density at radius 3 is 2.25 bits per heavy atom. The summed E-state index contributed by atoms with van der Waals surface area (Å²) in [5.74, 6) is -2.14. The number of aromatic hydroxyl groups is 1. The minimum absolute atomic E-state index is 0.0620. The molecule has 0 amide bonds. The second-order valence-corrected chi connectivity index (χ2v) is 3.95. The number of benzene rings is 2. The molecule has 0 spiro atoms. The Morgan fingerprint density at radius 1 is 1.15 bits per heavy atom. The van der Waals surface area contributed by atoms with E-state index in [4.69, 9.17) is 10.5 Å². The number of halogens is 2. The number of nitrogens with two attached hydrogens (primary N) is 1. The SMILES string of the molecule is CC.CCc1cc(N)c(O)c2c(F)cc(F)c(OC)c12. The molecule has 0 aliphatic heterocycles. The number of phenolic OH excluding ortho intramolecular Hbond substituents is 1. The van der Waals surface area contributed by atoms with Gasteiger partial charge < -0.3 is 15.6 Å². The van der Waals surface area contributed by atoms with Gasteiger partial charge in [-0.2, -0.15) is 0 Å². The van der Waals surface area contributed by atoms with Crippen LogP contribution in [0, 0.1) is 11.6 Å². The maximum atomic E-state index is 13.8. The molecule has 0 aliphatic rings. The average Bonchev–Trinajstić information content (AvgIpc) is 2.44. The molecule has 0 heterocycles. The van der Waals surface area contributed by atoms with Crippen molar-refractivity contribution in [1.82, 2.24) is 0 Å². The van der Waals surface area contributed by atoms with Crippen LogP contribution in [0.5, 0.6) is 11.5 Å². The van der Waals surface area contributed by atoms with E-state index in [1.165, 1.54) is 13.2 Å². The fourth-order valence-electron chi connectivity index (χ4n) is 2.09. The summed E-state index contributed by atoms with van der Waals surface area (Å²) in [6, 6.07) is 2.18. The Labute approximate surface area is 117 Å². The van der Waals surface area contributed by atoms with Crippen LogP contribution in [-0.2, 0) is 6.42 Å². The predicted octanol–water partition coefficient (Wildman–Crippen LogP) is 4.00. The normalized spacial score (nSPS) is 10.1. The summed E-state index contributed by atoms with van der Waals surface area (Å²) in [5.41, 5.74) is 6.29. The summed E-state index contributed by atoms with van der Waals surface area (Å²) in [5, 5.41) is 9.95. The van der Waals surface area contributed by atoms with Crippen molar-refractivity contribution in [2.24, 2.45) is 0 Å². The first-order valence-corrected chi connectivity index (χ1v) is 6.47. The van der Waals surface area contributed by atoms with Crippen molar-refractivity contribution < 1.29 is 18.6 Å². The molecule has 0 unspecified atom stereocenters. The third kappa shape index (κ3) is 2.48. The van der Waals surface area contributed by atoms with E-state index in [2.05, 4.69) is 0 Å². The molecule has 110 valence electrons. The lowest BCUT2D eigenvalue weighted by atomic mass is 9.99. The minimum atomic E-state index is -0.859. The molecule has 0 fully saturated rings. The zero-order valence-corrected chi connectivity index (χ0v) is 12.1. The molecule has 20 heavy (non-hydrogen) atoms. The average molecular weight is 283 g/mol. The van der Waals surface area contributed by atoms with Gasteiger partial charge in [-0.15, -0.1) is 0 Å². The van der Waals surface area contributed by atoms with Crippen LogP contribution in [0.1, 0.15) is 26.3 Å². The van der Waals surface area contributed by atoms with Crippen LogP contribution in [-0.4, -0.2) is 12.2 Å². The zero-order valence-electron chi connectivity index (χ0n) is 12.1. The second kappa shape index (κ2) is 6.41. The summed E-state index contributed by atoms with van der Waals surface area (Å²) in [6.45, 7) is 5.83. The van der Waals surface area contributed by atoms with Crippen LogP contribution >= 0.6 is 0 Å². The van der Waals surface area contributed by atoms with Gasteiger partial charge in [0.1, 0.15) is 11.6 Å². The Hall–Kier alpha value is -2.04. The lowest BCUT2D eigenvalue weighted by Crippen LogP contribution is -1.99. The van der Waals surface area contributed by atoms with Crippen molar-refractivity contribution in [3.8, 4) is 11.5 Å². The summed E-state index contributed by atoms with van der Waals surface area (Å²) in [4.78, 5) is 0. The highest BCUT2D eigenvalue weighted by atomic mass is 19.1. The van der Waals surface area contributed by atoms with E-state index in [1.54, 1.807) is 0 Å². The molecule has 3 N–H and O–H groups in total. The van der Waals surface area contributed by atoms with Crippen molar-refractivity contribution in [2.45, 2.75) is 27.2 Å². The predicted molar refractivity (Wildman–Crippen MR) is 77.2 cm³/mol. The second-order valence-electron chi connectivity index (χ2n) is 3.95. The number of fused-ring (bicyclic) bond motifs is 1. The molecule has 2 aromatic rings. The van der Waals surface area contributed by atoms with Crippen molar-refractivity contribution in [1.29, 1.82) is 0 Å². The van der Waals surface area contributed by atoms with Gasteiger partial charge in [0, 0.05) is 11.5 Å². The smallest absolute Gasteiger partial charge is 0.168 e. The molecule has 2 aromatic carbocycles. The number of nitrogen functional groups attached to an aromatic ring is 1. The van der Waals surface area contributed by atoms with Crippen LogP contribution in [0.2, 0.25) is 0 Å². The number of hydrogen-bond donors (Lipinski definition) is 2. The first-order valence-electron chi connectivity index (χ1n) is 6.47. The van der Waals surface area contributed by atoms with Gasteiger partial charge >= 0.3 is 0 Å². The van der Waals surface area contributed by atoms with Crippen molar-refractivity contribution in [3.05, 3.63) is 29.3 Å². The fourth-order valence-corrected chi connectivity index (χ4v) is 2.09. The van der Waals surface area contributed by atoms with Gasteiger partial charge in [0.2, 0.25) is 0 Å². The highest BCUT2D eigenvalue weighted by Crippen LogP contribution is 2.41. The van der Waals surface area contributed by atoms with Gasteiger partial charge in [0.25, 0.3) is 0 Å². The largest absolute Gasteiger partial charge is 0.505 e. The Morgan fingerprint density at radius 2 is 1.75 bits per heavy atom. The number of phenols is 1. The summed E-state index contributed by atoms with van der Waals surface area (Å²) in [6.07, 6.45) is 0.514. The van der Waals surface area contributed by atoms with Crippen LogP contribution in [0.25, 0.3) is 10.8 Å². The summed E-state index contributed by atoms with van der Waals surface area (Å²) < 4.78 is 32.4. The van der Waals surface area contributed by atoms with E-state index in [-0.39, 0.29) is 22.2 Å². The van der Waals surface area contributed by atoms with Crippen LogP contribution in [0.15, 0.2) is 12.1 Å². The lowest BCUT2D eigenvalue weighted by molar-refractivity contribution is 0.389. The third-order valence-corrected chi connectivity index (χ3v) is 2.93. The molecule has 0 aromatic heterocycles. The highest BCUT2D eigenvalue weighted by Gasteiger charge is 2.20. The molecule has 5 heteroatoms. The molecule has 0 saturated heterocycles. The van der Waals surface area contributed by atoms with E-state index >= 15 is 0 Å². The minimum Gasteiger partial charge on any atom is -0.505 e. The van der Waals surface area contributed by atoms with Gasteiger partial charge in [-0.1, -0.05) is 20.8 Å². The molecule has 0 radical (unpaired) electrons. The molecule has 2 rings (SSSR count). The summed E-state index contributed by atoms with van der Waals surface area (Å²) in [7, 11) is 1.29. The van der Waals surface area contributed by atoms with Gasteiger partial charge in [-0.05, 0) is 18.1 Å². The molecule has 0 aliphatic carbocycles. The van der Waals surface area contributed by atoms with E-state index in [0.29, 0.717) is 18.1 Å². The van der Waals surface area contributed by atoms with E-state index in [9.17, 15) is 13.9 Å². The summed E-state index contributed by atoms with van der Waals surface area (Å²) >= 11 is 0. The van der Waals surface area contributed by atoms with E-state index in [0.717, 1.165) is 0 Å². The van der Waals surface area contributed by atoms with E-state index in [1.807, 2.05) is 20.8 Å². The first-order chi connectivity index (χ1) is 9.51. The van der Waals surface area contributed by atoms with Crippen molar-refractivity contribution >= 4 is 16.5 Å². The quantitative estimate of drug-likeness (QED) is 0.647. The Balaban J connectivity index is 0.000000956. The number of rotatable bonds is 2. The molecule has 3 nitrogen and oxygen atoms in total. The molecule has 0 saturated carbocycles. The molecule has 0 bridgehead atoms. The highest BCUT2D eigenvalue weighted by molar-refractivity contribution is 5.99. The molecule has 0 atom stereocenters. The van der Waals surface area contributed by atoms with Gasteiger partial charge in [0.15, 0.2) is 11.6 Å². The zero-order chi connectivity index (χ0) is 15.4. The van der Waals surface area contributed by atoms with Crippen molar-refractivity contribution in [3.63, 3.8) is 0 Å². The number of hydrogen-bond acceptors (Lipinski definition) is 3. The Kier molecular flexibility index (Phi) is 5.13. The van der Waals surface area contributed by atoms with Crippen LogP contribution in [0.3, 0.4) is 0 Å². The fraction of sp³-hybridized carbons (Fsp3) is 0.333. The maximum absolute atomic E-state index is 13.8. The number of methoxy groups -OCH3 is 1. The standard InChI is InChI=1S/C13H13F2NO2.C2H6/c1-3-6-4-9(16)12(17)11-7(14)5-8(15)13(18-2)10(6)11;1-2/h4-5,17H,3,16H2,1-2H3;1-2H3.